The fourth-order valence-electron chi connectivity index (χ4n) is 2.15. The van der Waals surface area contributed by atoms with E-state index in [1.54, 1.807) is 0 Å². The molecular weight excluding hydrogens is 282 g/mol. The summed E-state index contributed by atoms with van der Waals surface area (Å²) in [5.41, 5.74) is 1.82. The van der Waals surface area contributed by atoms with Crippen LogP contribution in [0.15, 0.2) is 18.2 Å². The zero-order chi connectivity index (χ0) is 13.4. The number of imidazole rings is 1. The molecule has 0 unspecified atom stereocenters. The molecule has 1 amide bonds. The number of aromatic amines is 1. The Balaban J connectivity index is 1.76. The lowest BCUT2D eigenvalue weighted by molar-refractivity contribution is -0.122. The van der Waals surface area contributed by atoms with Gasteiger partial charge in [-0.1, -0.05) is 17.7 Å². The number of fused-ring (bicyclic) bond motifs is 1. The highest BCUT2D eigenvalue weighted by Gasteiger charge is 2.29. The molecule has 2 aromatic rings. The van der Waals surface area contributed by atoms with Crippen LogP contribution in [0.4, 0.5) is 0 Å². The van der Waals surface area contributed by atoms with Crippen LogP contribution >= 0.6 is 23.8 Å². The van der Waals surface area contributed by atoms with Gasteiger partial charge in [0.15, 0.2) is 4.77 Å². The molecule has 6 heteroatoms. The van der Waals surface area contributed by atoms with E-state index < -0.39 is 0 Å². The van der Waals surface area contributed by atoms with Gasteiger partial charge in [-0.05, 0) is 37.2 Å². The zero-order valence-corrected chi connectivity index (χ0v) is 11.9. The molecule has 0 radical (unpaired) electrons. The summed E-state index contributed by atoms with van der Waals surface area (Å²) < 4.78 is 2.59. The van der Waals surface area contributed by atoms with Crippen LogP contribution in [0.5, 0.6) is 0 Å². The Morgan fingerprint density at radius 2 is 2.32 bits per heavy atom. The molecule has 100 valence electrons. The molecule has 1 aliphatic rings. The summed E-state index contributed by atoms with van der Waals surface area (Å²) >= 11 is 11.4. The first-order chi connectivity index (χ1) is 9.16. The highest BCUT2D eigenvalue weighted by atomic mass is 35.5. The maximum absolute atomic E-state index is 11.6. The Bertz CT molecular complexity index is 687. The molecule has 0 bridgehead atoms. The highest BCUT2D eigenvalue weighted by molar-refractivity contribution is 7.71. The standard InChI is InChI=1S/C13H14ClN3OS/c14-9-2-1-3-10-11(9)16-13(19)17(10)7-6-15-12(18)8-4-5-8/h1-3,8H,4-7H2,(H,15,18)(H,16,19). The first kappa shape index (κ1) is 12.7. The van der Waals surface area contributed by atoms with Crippen LogP contribution < -0.4 is 5.32 Å². The Kier molecular flexibility index (Phi) is 3.33. The first-order valence-electron chi connectivity index (χ1n) is 6.31. The predicted molar refractivity (Wildman–Crippen MR) is 77.9 cm³/mol. The molecule has 1 aliphatic carbocycles. The summed E-state index contributed by atoms with van der Waals surface area (Å²) in [7, 11) is 0. The minimum atomic E-state index is 0.157. The molecular formula is C13H14ClN3OS. The average molecular weight is 296 g/mol. The Morgan fingerprint density at radius 3 is 3.05 bits per heavy atom. The van der Waals surface area contributed by atoms with Gasteiger partial charge in [0.05, 0.1) is 16.1 Å². The van der Waals surface area contributed by atoms with Gasteiger partial charge in [0.1, 0.15) is 0 Å². The van der Waals surface area contributed by atoms with E-state index in [9.17, 15) is 4.79 Å². The molecule has 1 saturated carbocycles. The maximum atomic E-state index is 11.6. The van der Waals surface area contributed by atoms with Crippen molar-refractivity contribution in [1.82, 2.24) is 14.9 Å². The monoisotopic (exact) mass is 295 g/mol. The van der Waals surface area contributed by atoms with Gasteiger partial charge in [-0.15, -0.1) is 0 Å². The quantitative estimate of drug-likeness (QED) is 0.852. The second-order valence-corrected chi connectivity index (χ2v) is 5.57. The number of benzene rings is 1. The lowest BCUT2D eigenvalue weighted by atomic mass is 10.3. The van der Waals surface area contributed by atoms with Gasteiger partial charge in [0, 0.05) is 19.0 Å². The zero-order valence-electron chi connectivity index (χ0n) is 10.3. The van der Waals surface area contributed by atoms with Crippen LogP contribution in [-0.2, 0) is 11.3 Å². The number of carbonyl (C=O) groups is 1. The van der Waals surface area contributed by atoms with E-state index in [4.69, 9.17) is 23.8 Å². The van der Waals surface area contributed by atoms with E-state index in [0.29, 0.717) is 22.9 Å². The van der Waals surface area contributed by atoms with Crippen molar-refractivity contribution < 1.29 is 4.79 Å². The van der Waals surface area contributed by atoms with E-state index in [1.165, 1.54) is 0 Å². The topological polar surface area (TPSA) is 49.8 Å². The van der Waals surface area contributed by atoms with Crippen molar-refractivity contribution in [3.05, 3.63) is 28.0 Å². The van der Waals surface area contributed by atoms with Crippen LogP contribution in [0.25, 0.3) is 11.0 Å². The van der Waals surface area contributed by atoms with Gasteiger partial charge in [-0.25, -0.2) is 0 Å². The number of amides is 1. The van der Waals surface area contributed by atoms with Gasteiger partial charge in [-0.2, -0.15) is 0 Å². The van der Waals surface area contributed by atoms with E-state index in [0.717, 1.165) is 23.9 Å². The number of carbonyl (C=O) groups excluding carboxylic acids is 1. The number of aromatic nitrogens is 2. The molecule has 4 nitrogen and oxygen atoms in total. The number of rotatable bonds is 4. The number of nitrogens with zero attached hydrogens (tertiary/aromatic N) is 1. The molecule has 2 N–H and O–H groups in total. The normalized spacial score (nSPS) is 14.8. The molecule has 0 aliphatic heterocycles. The third kappa shape index (κ3) is 2.53. The summed E-state index contributed by atoms with van der Waals surface area (Å²) in [6.07, 6.45) is 2.04. The molecule has 0 spiro atoms. The smallest absolute Gasteiger partial charge is 0.223 e. The lowest BCUT2D eigenvalue weighted by Crippen LogP contribution is -2.28. The molecule has 3 rings (SSSR count). The van der Waals surface area contributed by atoms with Crippen molar-refractivity contribution in [2.45, 2.75) is 19.4 Å². The van der Waals surface area contributed by atoms with Crippen LogP contribution in [-0.4, -0.2) is 22.0 Å². The van der Waals surface area contributed by atoms with Crippen molar-refractivity contribution in [2.75, 3.05) is 6.54 Å². The summed E-state index contributed by atoms with van der Waals surface area (Å²) in [6.45, 7) is 1.24. The number of hydrogen-bond donors (Lipinski definition) is 2. The number of H-pyrrole nitrogens is 1. The van der Waals surface area contributed by atoms with Gasteiger partial charge >= 0.3 is 0 Å². The van der Waals surface area contributed by atoms with Crippen LogP contribution in [0.3, 0.4) is 0 Å². The molecule has 0 saturated heterocycles. The second-order valence-electron chi connectivity index (χ2n) is 4.78. The maximum Gasteiger partial charge on any atom is 0.223 e. The number of nitrogens with one attached hydrogen (secondary N) is 2. The third-order valence-corrected chi connectivity index (χ3v) is 3.98. The number of halogens is 1. The first-order valence-corrected chi connectivity index (χ1v) is 7.10. The van der Waals surface area contributed by atoms with E-state index >= 15 is 0 Å². The number of para-hydroxylation sites is 1. The summed E-state index contributed by atoms with van der Waals surface area (Å²) in [6, 6.07) is 5.69. The van der Waals surface area contributed by atoms with Crippen molar-refractivity contribution >= 4 is 40.8 Å². The number of hydrogen-bond acceptors (Lipinski definition) is 2. The third-order valence-electron chi connectivity index (χ3n) is 3.34. The van der Waals surface area contributed by atoms with Crippen LogP contribution in [0.1, 0.15) is 12.8 Å². The Morgan fingerprint density at radius 1 is 1.53 bits per heavy atom. The molecule has 19 heavy (non-hydrogen) atoms. The van der Waals surface area contributed by atoms with Gasteiger partial charge in [0.25, 0.3) is 0 Å². The van der Waals surface area contributed by atoms with Crippen molar-refractivity contribution in [2.24, 2.45) is 5.92 Å². The second kappa shape index (κ2) is 4.98. The minimum Gasteiger partial charge on any atom is -0.354 e. The fourth-order valence-corrected chi connectivity index (χ4v) is 2.66. The fraction of sp³-hybridized carbons (Fsp3) is 0.385. The molecule has 1 heterocycles. The Labute approximate surface area is 120 Å². The van der Waals surface area contributed by atoms with Crippen molar-refractivity contribution in [1.29, 1.82) is 0 Å². The molecule has 1 aromatic heterocycles. The van der Waals surface area contributed by atoms with Crippen LogP contribution in [0, 0.1) is 10.7 Å². The average Bonchev–Trinajstić information content (AvgIpc) is 3.17. The predicted octanol–water partition coefficient (Wildman–Crippen LogP) is 2.88. The van der Waals surface area contributed by atoms with Gasteiger partial charge in [0.2, 0.25) is 5.91 Å². The molecule has 1 fully saturated rings. The SMILES string of the molecule is O=C(NCCn1c(=S)[nH]c2c(Cl)cccc21)C1CC1. The van der Waals surface area contributed by atoms with Gasteiger partial charge in [-0.3, -0.25) is 4.79 Å². The van der Waals surface area contributed by atoms with E-state index in [2.05, 4.69) is 10.3 Å². The van der Waals surface area contributed by atoms with Crippen molar-refractivity contribution in [3.8, 4) is 0 Å². The molecule has 1 aromatic carbocycles. The van der Waals surface area contributed by atoms with E-state index in [-0.39, 0.29) is 11.8 Å². The lowest BCUT2D eigenvalue weighted by Gasteiger charge is -2.06. The largest absolute Gasteiger partial charge is 0.354 e. The summed E-state index contributed by atoms with van der Waals surface area (Å²) in [4.78, 5) is 14.7. The highest BCUT2D eigenvalue weighted by Crippen LogP contribution is 2.28. The van der Waals surface area contributed by atoms with Gasteiger partial charge < -0.3 is 14.9 Å². The summed E-state index contributed by atoms with van der Waals surface area (Å²) in [5, 5.41) is 3.59. The van der Waals surface area contributed by atoms with Crippen molar-refractivity contribution in [3.63, 3.8) is 0 Å². The van der Waals surface area contributed by atoms with E-state index in [1.807, 2.05) is 22.8 Å². The summed E-state index contributed by atoms with van der Waals surface area (Å²) in [5.74, 6) is 0.398. The van der Waals surface area contributed by atoms with Crippen LogP contribution in [0.2, 0.25) is 5.02 Å². The minimum absolute atomic E-state index is 0.157. The molecule has 0 atom stereocenters. The Hall–Kier alpha value is -1.33.